The van der Waals surface area contributed by atoms with E-state index >= 15 is 0 Å². The van der Waals surface area contributed by atoms with Crippen molar-refractivity contribution in [1.29, 1.82) is 0 Å². The van der Waals surface area contributed by atoms with Gasteiger partial charge < -0.3 is 10.1 Å². The number of hydrogen-bond acceptors (Lipinski definition) is 2. The number of alkyl carbamates (subject to hydrolysis) is 1. The monoisotopic (exact) mass is 415 g/mol. The third kappa shape index (κ3) is 6.70. The van der Waals surface area contributed by atoms with Crippen LogP contribution in [0.1, 0.15) is 23.1 Å². The van der Waals surface area contributed by atoms with Gasteiger partial charge >= 0.3 is 12.3 Å². The molecule has 2 aromatic carbocycles. The smallest absolute Gasteiger partial charge is 0.416 e. The minimum absolute atomic E-state index is 0.109. The molecule has 0 saturated carbocycles. The van der Waals surface area contributed by atoms with Gasteiger partial charge in [0.05, 0.1) is 21.2 Å². The zero-order valence-corrected chi connectivity index (χ0v) is 15.4. The quantitative estimate of drug-likeness (QED) is 0.515. The van der Waals surface area contributed by atoms with E-state index in [0.717, 1.165) is 17.7 Å². The number of rotatable bonds is 4. The summed E-state index contributed by atoms with van der Waals surface area (Å²) < 4.78 is 43.0. The molecular weight excluding hydrogens is 402 g/mol. The summed E-state index contributed by atoms with van der Waals surface area (Å²) in [7, 11) is 0. The second kappa shape index (κ2) is 9.54. The van der Waals surface area contributed by atoms with Crippen molar-refractivity contribution in [1.82, 2.24) is 5.32 Å². The molecule has 27 heavy (non-hydrogen) atoms. The van der Waals surface area contributed by atoms with Crippen molar-refractivity contribution in [3.05, 3.63) is 69.2 Å². The van der Waals surface area contributed by atoms with Crippen molar-refractivity contribution in [2.45, 2.75) is 19.2 Å². The van der Waals surface area contributed by atoms with Gasteiger partial charge in [0.15, 0.2) is 0 Å². The SMILES string of the molecule is O=C(NCCC#Cc1c(Cl)cc(C(F)(F)F)cc1Cl)OCc1ccccc1. The van der Waals surface area contributed by atoms with Crippen molar-refractivity contribution < 1.29 is 22.7 Å². The number of nitrogens with one attached hydrogen (secondary N) is 1. The molecule has 0 aliphatic heterocycles. The first-order valence-corrected chi connectivity index (χ1v) is 8.52. The summed E-state index contributed by atoms with van der Waals surface area (Å²) in [6.45, 7) is 0.353. The molecule has 0 saturated heterocycles. The first-order chi connectivity index (χ1) is 12.8. The van der Waals surface area contributed by atoms with E-state index in [0.29, 0.717) is 0 Å². The molecule has 2 rings (SSSR count). The molecule has 0 aromatic heterocycles. The molecule has 0 heterocycles. The van der Waals surface area contributed by atoms with E-state index in [4.69, 9.17) is 27.9 Å². The van der Waals surface area contributed by atoms with Crippen molar-refractivity contribution in [2.24, 2.45) is 0 Å². The lowest BCUT2D eigenvalue weighted by molar-refractivity contribution is -0.137. The average molecular weight is 416 g/mol. The maximum absolute atomic E-state index is 12.7. The van der Waals surface area contributed by atoms with Crippen LogP contribution in [-0.2, 0) is 17.5 Å². The van der Waals surface area contributed by atoms with Crippen molar-refractivity contribution in [3.63, 3.8) is 0 Å². The van der Waals surface area contributed by atoms with Gasteiger partial charge in [-0.2, -0.15) is 13.2 Å². The van der Waals surface area contributed by atoms with Gasteiger partial charge in [-0.3, -0.25) is 0 Å². The average Bonchev–Trinajstić information content (AvgIpc) is 2.61. The summed E-state index contributed by atoms with van der Waals surface area (Å²) in [6, 6.07) is 10.7. The number of halogens is 5. The molecule has 0 aliphatic carbocycles. The molecule has 0 radical (unpaired) electrons. The minimum atomic E-state index is -4.54. The third-order valence-electron chi connectivity index (χ3n) is 3.31. The molecule has 0 aliphatic rings. The standard InChI is InChI=1S/C19H14Cl2F3NO2/c20-16-10-14(19(22,23)24)11-17(21)15(16)8-4-5-9-25-18(26)27-12-13-6-2-1-3-7-13/h1-3,6-7,10-11H,5,9,12H2,(H,25,26). The number of amides is 1. The predicted molar refractivity (Wildman–Crippen MR) is 97.6 cm³/mol. The maximum Gasteiger partial charge on any atom is 0.416 e. The summed E-state index contributed by atoms with van der Waals surface area (Å²) in [5.41, 5.74) is 0.0305. The molecule has 0 atom stereocenters. The van der Waals surface area contributed by atoms with Gasteiger partial charge in [0, 0.05) is 13.0 Å². The van der Waals surface area contributed by atoms with E-state index < -0.39 is 17.8 Å². The molecule has 0 fully saturated rings. The Bertz CT molecular complexity index is 836. The summed E-state index contributed by atoms with van der Waals surface area (Å²) in [4.78, 5) is 11.6. The van der Waals surface area contributed by atoms with Crippen LogP contribution in [0.2, 0.25) is 10.0 Å². The van der Waals surface area contributed by atoms with Crippen LogP contribution in [0.4, 0.5) is 18.0 Å². The fourth-order valence-electron chi connectivity index (χ4n) is 2.01. The predicted octanol–water partition coefficient (Wildman–Crippen LogP) is 5.68. The molecule has 0 unspecified atom stereocenters. The minimum Gasteiger partial charge on any atom is -0.445 e. The molecule has 8 heteroatoms. The van der Waals surface area contributed by atoms with Crippen LogP contribution in [0, 0.1) is 11.8 Å². The molecule has 2 aromatic rings. The summed E-state index contributed by atoms with van der Waals surface area (Å²) in [6.07, 6.45) is -4.89. The van der Waals surface area contributed by atoms with Crippen LogP contribution >= 0.6 is 23.2 Å². The topological polar surface area (TPSA) is 38.3 Å². The van der Waals surface area contributed by atoms with E-state index in [-0.39, 0.29) is 35.2 Å². The molecule has 3 nitrogen and oxygen atoms in total. The molecule has 142 valence electrons. The van der Waals surface area contributed by atoms with E-state index in [1.807, 2.05) is 30.3 Å². The number of alkyl halides is 3. The number of carbonyl (C=O) groups excluding carboxylic acids is 1. The molecular formula is C19H14Cl2F3NO2. The highest BCUT2D eigenvalue weighted by atomic mass is 35.5. The summed E-state index contributed by atoms with van der Waals surface area (Å²) >= 11 is 11.7. The fourth-order valence-corrected chi connectivity index (χ4v) is 2.59. The Kier molecular flexibility index (Phi) is 7.40. The summed E-state index contributed by atoms with van der Waals surface area (Å²) in [5, 5.41) is 2.15. The Morgan fingerprint density at radius 2 is 1.74 bits per heavy atom. The van der Waals surface area contributed by atoms with Crippen molar-refractivity contribution in [2.75, 3.05) is 6.54 Å². The Balaban J connectivity index is 1.83. The summed E-state index contributed by atoms with van der Waals surface area (Å²) in [5.74, 6) is 5.32. The van der Waals surface area contributed by atoms with Crippen LogP contribution < -0.4 is 5.32 Å². The molecule has 0 bridgehead atoms. The van der Waals surface area contributed by atoms with Gasteiger partial charge in [-0.25, -0.2) is 4.79 Å². The Labute approximate surface area is 164 Å². The van der Waals surface area contributed by atoms with Crippen molar-refractivity contribution in [3.8, 4) is 11.8 Å². The lowest BCUT2D eigenvalue weighted by atomic mass is 10.1. The van der Waals surface area contributed by atoms with Gasteiger partial charge in [-0.1, -0.05) is 65.4 Å². The first-order valence-electron chi connectivity index (χ1n) is 7.77. The zero-order valence-electron chi connectivity index (χ0n) is 13.9. The third-order valence-corrected chi connectivity index (χ3v) is 3.91. The van der Waals surface area contributed by atoms with Crippen LogP contribution in [0.25, 0.3) is 0 Å². The highest BCUT2D eigenvalue weighted by Crippen LogP contribution is 2.35. The Morgan fingerprint density at radius 3 is 2.33 bits per heavy atom. The van der Waals surface area contributed by atoms with Crippen molar-refractivity contribution >= 4 is 29.3 Å². The normalized spacial score (nSPS) is 10.7. The fraction of sp³-hybridized carbons (Fsp3) is 0.211. The molecule has 1 amide bonds. The van der Waals surface area contributed by atoms with E-state index in [1.165, 1.54) is 0 Å². The second-order valence-electron chi connectivity index (χ2n) is 5.35. The van der Waals surface area contributed by atoms with E-state index in [1.54, 1.807) is 0 Å². The second-order valence-corrected chi connectivity index (χ2v) is 6.17. The lowest BCUT2D eigenvalue weighted by Gasteiger charge is -2.09. The maximum atomic E-state index is 12.7. The zero-order chi connectivity index (χ0) is 19.9. The highest BCUT2D eigenvalue weighted by molar-refractivity contribution is 6.36. The lowest BCUT2D eigenvalue weighted by Crippen LogP contribution is -2.24. The highest BCUT2D eigenvalue weighted by Gasteiger charge is 2.31. The van der Waals surface area contributed by atoms with Gasteiger partial charge in [-0.15, -0.1) is 0 Å². The number of carbonyl (C=O) groups is 1. The van der Waals surface area contributed by atoms with Gasteiger partial charge in [0.2, 0.25) is 0 Å². The van der Waals surface area contributed by atoms with E-state index in [9.17, 15) is 18.0 Å². The Hall–Kier alpha value is -2.36. The van der Waals surface area contributed by atoms with Crippen LogP contribution in [0.15, 0.2) is 42.5 Å². The van der Waals surface area contributed by atoms with Gasteiger partial charge in [-0.05, 0) is 17.7 Å². The molecule has 1 N–H and O–H groups in total. The number of ether oxygens (including phenoxy) is 1. The molecule has 0 spiro atoms. The first kappa shape index (κ1) is 20.9. The van der Waals surface area contributed by atoms with Crippen LogP contribution in [-0.4, -0.2) is 12.6 Å². The van der Waals surface area contributed by atoms with Gasteiger partial charge in [0.25, 0.3) is 0 Å². The number of hydrogen-bond donors (Lipinski definition) is 1. The van der Waals surface area contributed by atoms with Crippen LogP contribution in [0.3, 0.4) is 0 Å². The number of benzene rings is 2. The Morgan fingerprint density at radius 1 is 1.11 bits per heavy atom. The van der Waals surface area contributed by atoms with E-state index in [2.05, 4.69) is 17.2 Å². The van der Waals surface area contributed by atoms with Crippen LogP contribution in [0.5, 0.6) is 0 Å². The largest absolute Gasteiger partial charge is 0.445 e. The van der Waals surface area contributed by atoms with Gasteiger partial charge in [0.1, 0.15) is 6.61 Å².